The molecule has 1 aliphatic carbocycles. The Morgan fingerprint density at radius 3 is 1.46 bits per heavy atom. The fraction of sp³-hybridized carbons (Fsp3) is 0.382. The van der Waals surface area contributed by atoms with Crippen molar-refractivity contribution < 1.29 is 0 Å². The second-order valence-electron chi connectivity index (χ2n) is 22.8. The van der Waals surface area contributed by atoms with Crippen molar-refractivity contribution in [2.24, 2.45) is 0 Å². The van der Waals surface area contributed by atoms with Crippen LogP contribution in [0.2, 0.25) is 0 Å². The summed E-state index contributed by atoms with van der Waals surface area (Å²) in [5, 5.41) is 2.59. The molecule has 2 aliphatic heterocycles. The smallest absolute Gasteiger partial charge is 0.227 e. The van der Waals surface area contributed by atoms with Crippen molar-refractivity contribution in [3.8, 4) is 22.3 Å². The van der Waals surface area contributed by atoms with Crippen LogP contribution in [-0.2, 0) is 27.1 Å². The Hall–Kier alpha value is -4.56. The number of fused-ring (bicyclic) bond motifs is 8. The van der Waals surface area contributed by atoms with Gasteiger partial charge in [0.1, 0.15) is 0 Å². The molecular weight excluding hydrogens is 685 g/mol. The van der Waals surface area contributed by atoms with Gasteiger partial charge >= 0.3 is 0 Å². The van der Waals surface area contributed by atoms with Crippen molar-refractivity contribution in [3.63, 3.8) is 0 Å². The Bertz CT molecular complexity index is 2620. The van der Waals surface area contributed by atoms with Crippen LogP contribution in [0.1, 0.15) is 149 Å². The molecule has 0 aromatic heterocycles. The number of nitrogens with zero attached hydrogens (tertiary/aromatic N) is 1. The molecule has 6 aromatic rings. The van der Waals surface area contributed by atoms with Crippen LogP contribution in [0.25, 0.3) is 33.0 Å². The Morgan fingerprint density at radius 2 is 0.895 bits per heavy atom. The van der Waals surface area contributed by atoms with Crippen LogP contribution in [-0.4, -0.2) is 6.71 Å². The number of hydrogen-bond donors (Lipinski definition) is 0. The highest BCUT2D eigenvalue weighted by Crippen LogP contribution is 2.57. The summed E-state index contributed by atoms with van der Waals surface area (Å²) < 4.78 is 0. The first kappa shape index (κ1) is 38.0. The van der Waals surface area contributed by atoms with E-state index >= 15 is 0 Å². The Labute approximate surface area is 344 Å². The van der Waals surface area contributed by atoms with Gasteiger partial charge in [-0.05, 0) is 140 Å². The molecule has 2 heterocycles. The first-order valence-electron chi connectivity index (χ1n) is 21.4. The van der Waals surface area contributed by atoms with Crippen LogP contribution in [0.5, 0.6) is 0 Å². The average molecular weight is 748 g/mol. The fourth-order valence-corrected chi connectivity index (χ4v) is 9.91. The molecule has 6 aromatic carbocycles. The summed E-state index contributed by atoms with van der Waals surface area (Å²) in [6.45, 7) is 35.7. The summed E-state index contributed by atoms with van der Waals surface area (Å²) in [5.41, 5.74) is 22.4. The van der Waals surface area contributed by atoms with E-state index in [1.807, 2.05) is 0 Å². The zero-order chi connectivity index (χ0) is 40.9. The molecular formula is C55H62BN. The summed E-state index contributed by atoms with van der Waals surface area (Å²) in [4.78, 5) is 2.68. The van der Waals surface area contributed by atoms with Crippen molar-refractivity contribution in [2.75, 3.05) is 4.90 Å². The molecule has 0 N–H and O–H groups in total. The molecule has 0 saturated heterocycles. The molecule has 9 rings (SSSR count). The maximum atomic E-state index is 2.68. The molecule has 0 amide bonds. The third-order valence-electron chi connectivity index (χ3n) is 13.5. The summed E-state index contributed by atoms with van der Waals surface area (Å²) in [6, 6.07) is 39.3. The van der Waals surface area contributed by atoms with E-state index in [9.17, 15) is 0 Å². The topological polar surface area (TPSA) is 3.24 Å². The second kappa shape index (κ2) is 12.0. The van der Waals surface area contributed by atoms with Crippen LogP contribution >= 0.6 is 0 Å². The highest BCUT2D eigenvalue weighted by molar-refractivity contribution is 6.91. The van der Waals surface area contributed by atoms with Crippen molar-refractivity contribution >= 4 is 45.5 Å². The first-order valence-corrected chi connectivity index (χ1v) is 21.4. The minimum Gasteiger partial charge on any atom is -0.311 e. The van der Waals surface area contributed by atoms with E-state index in [2.05, 4.69) is 206 Å². The molecule has 2 heteroatoms. The number of rotatable bonds is 1. The average Bonchev–Trinajstić information content (AvgIpc) is 3.44. The molecule has 57 heavy (non-hydrogen) atoms. The van der Waals surface area contributed by atoms with E-state index < -0.39 is 0 Å². The van der Waals surface area contributed by atoms with Crippen LogP contribution < -0.4 is 15.8 Å². The van der Waals surface area contributed by atoms with E-state index in [0.717, 1.165) is 0 Å². The van der Waals surface area contributed by atoms with Crippen molar-refractivity contribution in [3.05, 3.63) is 136 Å². The third kappa shape index (κ3) is 5.95. The maximum absolute atomic E-state index is 2.68. The quantitative estimate of drug-likeness (QED) is 0.151. The minimum absolute atomic E-state index is 0.00172. The molecule has 0 spiro atoms. The summed E-state index contributed by atoms with van der Waals surface area (Å²) in [7, 11) is 0. The zero-order valence-electron chi connectivity index (χ0n) is 37.3. The molecule has 0 saturated carbocycles. The van der Waals surface area contributed by atoms with Crippen molar-refractivity contribution in [1.29, 1.82) is 0 Å². The molecule has 1 unspecified atom stereocenters. The molecule has 0 bridgehead atoms. The van der Waals surface area contributed by atoms with Crippen LogP contribution in [0.3, 0.4) is 0 Å². The molecule has 0 radical (unpaired) electrons. The molecule has 1 atom stereocenters. The normalized spacial score (nSPS) is 16.1. The van der Waals surface area contributed by atoms with Gasteiger partial charge in [0.05, 0.1) is 0 Å². The van der Waals surface area contributed by atoms with Crippen LogP contribution in [0.4, 0.5) is 17.1 Å². The molecule has 290 valence electrons. The highest BCUT2D eigenvalue weighted by atomic mass is 15.2. The van der Waals surface area contributed by atoms with Crippen molar-refractivity contribution in [2.45, 2.75) is 137 Å². The van der Waals surface area contributed by atoms with E-state index in [4.69, 9.17) is 0 Å². The van der Waals surface area contributed by atoms with Gasteiger partial charge in [0.15, 0.2) is 0 Å². The predicted molar refractivity (Wildman–Crippen MR) is 250 cm³/mol. The van der Waals surface area contributed by atoms with Gasteiger partial charge in [0.25, 0.3) is 0 Å². The fourth-order valence-electron chi connectivity index (χ4n) is 9.91. The van der Waals surface area contributed by atoms with Crippen molar-refractivity contribution in [1.82, 2.24) is 0 Å². The lowest BCUT2D eigenvalue weighted by molar-refractivity contribution is 0.568. The highest BCUT2D eigenvalue weighted by Gasteiger charge is 2.50. The predicted octanol–water partition coefficient (Wildman–Crippen LogP) is 14.1. The largest absolute Gasteiger partial charge is 0.311 e. The lowest BCUT2D eigenvalue weighted by Crippen LogP contribution is -2.56. The lowest BCUT2D eigenvalue weighted by Gasteiger charge is -2.44. The van der Waals surface area contributed by atoms with Gasteiger partial charge < -0.3 is 4.90 Å². The monoisotopic (exact) mass is 747 g/mol. The Morgan fingerprint density at radius 1 is 0.421 bits per heavy atom. The van der Waals surface area contributed by atoms with Gasteiger partial charge in [0, 0.05) is 17.1 Å². The summed E-state index contributed by atoms with van der Waals surface area (Å²) in [5.74, 6) is 0.216. The number of anilines is 3. The van der Waals surface area contributed by atoms with E-state index in [0.29, 0.717) is 0 Å². The van der Waals surface area contributed by atoms with Gasteiger partial charge in [-0.2, -0.15) is 0 Å². The summed E-state index contributed by atoms with van der Waals surface area (Å²) in [6.07, 6.45) is 0. The number of hydrogen-bond acceptors (Lipinski definition) is 1. The SMILES string of the molecule is CC(C)(C)c1cc(N2c3cc4ccccc4cc3B3c4c(cc(C(C)(C)C)cc42)-c2cc(C(C)(C)C)cc4c2C3c2ccc(C(C)(C)C)cc2-4)cc(C(C)(C)C)c1. The minimum atomic E-state index is -0.0492. The van der Waals surface area contributed by atoms with Gasteiger partial charge in [-0.1, -0.05) is 177 Å². The van der Waals surface area contributed by atoms with Gasteiger partial charge in [-0.25, -0.2) is 0 Å². The number of benzene rings is 6. The maximum Gasteiger partial charge on any atom is 0.227 e. The third-order valence-corrected chi connectivity index (χ3v) is 13.5. The Kier molecular flexibility index (Phi) is 8.00. The Balaban J connectivity index is 1.46. The molecule has 3 aliphatic rings. The van der Waals surface area contributed by atoms with Crippen LogP contribution in [0, 0.1) is 0 Å². The van der Waals surface area contributed by atoms with E-state index in [1.165, 1.54) is 100.0 Å². The second-order valence-corrected chi connectivity index (χ2v) is 22.8. The van der Waals surface area contributed by atoms with Gasteiger partial charge in [-0.15, -0.1) is 0 Å². The molecule has 1 nitrogen and oxygen atoms in total. The molecule has 0 fully saturated rings. The lowest BCUT2D eigenvalue weighted by atomic mass is 9.28. The van der Waals surface area contributed by atoms with E-state index in [-0.39, 0.29) is 39.6 Å². The van der Waals surface area contributed by atoms with Crippen LogP contribution in [0.15, 0.2) is 97.1 Å². The first-order chi connectivity index (χ1) is 26.4. The van der Waals surface area contributed by atoms with Gasteiger partial charge in [0.2, 0.25) is 6.71 Å². The van der Waals surface area contributed by atoms with E-state index in [1.54, 1.807) is 0 Å². The van der Waals surface area contributed by atoms with Gasteiger partial charge in [-0.3, -0.25) is 0 Å². The standard InChI is InChI=1S/C55H62BN/c1-51(2,3)34-20-21-40-41(27-34)42-28-37(54(10,11)12)29-43-44-30-38(55(13,14)15)31-47-49(44)56(50(40)48(42)43)45-22-32-18-16-17-19-33(32)23-46(45)57(47)39-25-35(52(4,5)6)24-36(26-39)53(7,8)9/h16-31,50H,1-15H3. The zero-order valence-corrected chi connectivity index (χ0v) is 37.3. The summed E-state index contributed by atoms with van der Waals surface area (Å²) >= 11 is 0.